The zero-order chi connectivity index (χ0) is 20.3. The van der Waals surface area contributed by atoms with E-state index in [0.29, 0.717) is 16.5 Å². The average molecular weight is 392 g/mol. The number of aromatic nitrogens is 3. The summed E-state index contributed by atoms with van der Waals surface area (Å²) in [5.74, 6) is -0.845. The summed E-state index contributed by atoms with van der Waals surface area (Å²) in [6.45, 7) is 1.32. The lowest BCUT2D eigenvalue weighted by molar-refractivity contribution is -0.274. The summed E-state index contributed by atoms with van der Waals surface area (Å²) < 4.78 is 41.3. The second-order valence-electron chi connectivity index (χ2n) is 5.98. The number of benzene rings is 2. The number of alkyl halides is 3. The summed E-state index contributed by atoms with van der Waals surface area (Å²) in [6, 6.07) is 11.3. The van der Waals surface area contributed by atoms with Gasteiger partial charge in [0.2, 0.25) is 5.91 Å². The molecule has 1 heterocycles. The van der Waals surface area contributed by atoms with E-state index in [-0.39, 0.29) is 12.3 Å². The highest BCUT2D eigenvalue weighted by Gasteiger charge is 2.31. The molecule has 10 heteroatoms. The van der Waals surface area contributed by atoms with E-state index >= 15 is 0 Å². The molecule has 1 amide bonds. The summed E-state index contributed by atoms with van der Waals surface area (Å²) in [6.07, 6.45) is -4.77. The Morgan fingerprint density at radius 3 is 2.54 bits per heavy atom. The van der Waals surface area contributed by atoms with Crippen LogP contribution in [0, 0.1) is 0 Å². The molecule has 28 heavy (non-hydrogen) atoms. The number of nitrogens with one attached hydrogen (secondary N) is 1. The topological polar surface area (TPSA) is 86.1 Å². The van der Waals surface area contributed by atoms with E-state index in [9.17, 15) is 22.8 Å². The monoisotopic (exact) mass is 392 g/mol. The summed E-state index contributed by atoms with van der Waals surface area (Å²) in [5.41, 5.74) is 0.556. The van der Waals surface area contributed by atoms with Gasteiger partial charge in [0.1, 0.15) is 17.8 Å². The van der Waals surface area contributed by atoms with Crippen molar-refractivity contribution in [2.45, 2.75) is 25.9 Å². The van der Waals surface area contributed by atoms with Gasteiger partial charge in [-0.2, -0.15) is 0 Å². The van der Waals surface area contributed by atoms with Crippen molar-refractivity contribution < 1.29 is 22.7 Å². The molecule has 0 saturated carbocycles. The van der Waals surface area contributed by atoms with Crippen LogP contribution < -0.4 is 15.6 Å². The van der Waals surface area contributed by atoms with Crippen LogP contribution in [0.3, 0.4) is 0 Å². The van der Waals surface area contributed by atoms with Crippen LogP contribution in [0.25, 0.3) is 10.9 Å². The number of nitrogens with zero attached hydrogens (tertiary/aromatic N) is 3. The Bertz CT molecular complexity index is 1050. The van der Waals surface area contributed by atoms with Crippen molar-refractivity contribution in [2.24, 2.45) is 0 Å². The molecule has 2 aromatic carbocycles. The molecule has 3 aromatic rings. The van der Waals surface area contributed by atoms with Gasteiger partial charge in [0.05, 0.1) is 11.4 Å². The second kappa shape index (κ2) is 7.67. The van der Waals surface area contributed by atoms with Crippen LogP contribution in [0.5, 0.6) is 5.75 Å². The molecule has 146 valence electrons. The lowest BCUT2D eigenvalue weighted by atomic mass is 10.1. The van der Waals surface area contributed by atoms with Gasteiger partial charge in [-0.3, -0.25) is 9.59 Å². The first kappa shape index (κ1) is 19.3. The fraction of sp³-hybridized carbons (Fsp3) is 0.222. The lowest BCUT2D eigenvalue weighted by Crippen LogP contribution is -2.35. The summed E-state index contributed by atoms with van der Waals surface area (Å²) in [4.78, 5) is 24.6. The van der Waals surface area contributed by atoms with E-state index in [0.717, 1.165) is 16.8 Å². The van der Waals surface area contributed by atoms with Crippen LogP contribution in [0.2, 0.25) is 0 Å². The number of carbonyl (C=O) groups excluding carboxylic acids is 1. The molecule has 0 aliphatic carbocycles. The molecule has 1 atom stereocenters. The largest absolute Gasteiger partial charge is 0.573 e. The fourth-order valence-electron chi connectivity index (χ4n) is 2.59. The molecule has 1 unspecified atom stereocenters. The predicted molar refractivity (Wildman–Crippen MR) is 93.5 cm³/mol. The van der Waals surface area contributed by atoms with E-state index in [1.54, 1.807) is 31.2 Å². The number of hydrogen-bond acceptors (Lipinski definition) is 5. The SMILES string of the molecule is CC(NC(=O)Cn1nnc2ccccc2c1=O)c1ccc(OC(F)(F)F)cc1. The standard InChI is InChI=1S/C18H15F3N4O3/c1-11(12-6-8-13(9-7-12)28-18(19,20)21)22-16(26)10-25-17(27)14-4-2-3-5-15(14)23-24-25/h2-9,11H,10H2,1H3,(H,22,26). The van der Waals surface area contributed by atoms with E-state index in [2.05, 4.69) is 20.4 Å². The maximum absolute atomic E-state index is 12.3. The van der Waals surface area contributed by atoms with E-state index < -0.39 is 23.9 Å². The first-order valence-electron chi connectivity index (χ1n) is 8.20. The van der Waals surface area contributed by atoms with Crippen LogP contribution >= 0.6 is 0 Å². The Morgan fingerprint density at radius 1 is 1.18 bits per heavy atom. The van der Waals surface area contributed by atoms with E-state index in [1.807, 2.05) is 0 Å². The Labute approximate surface area is 156 Å². The van der Waals surface area contributed by atoms with Gasteiger partial charge >= 0.3 is 6.36 Å². The normalized spacial score (nSPS) is 12.6. The fourth-order valence-corrected chi connectivity index (χ4v) is 2.59. The molecule has 0 saturated heterocycles. The highest BCUT2D eigenvalue weighted by molar-refractivity contribution is 5.78. The lowest BCUT2D eigenvalue weighted by Gasteiger charge is -2.15. The third-order valence-corrected chi connectivity index (χ3v) is 3.91. The number of fused-ring (bicyclic) bond motifs is 1. The van der Waals surface area contributed by atoms with Gasteiger partial charge in [0.25, 0.3) is 5.56 Å². The summed E-state index contributed by atoms with van der Waals surface area (Å²) in [5, 5.41) is 10.6. The molecule has 0 aliphatic heterocycles. The molecule has 0 spiro atoms. The van der Waals surface area contributed by atoms with Gasteiger partial charge in [-0.1, -0.05) is 29.5 Å². The second-order valence-corrected chi connectivity index (χ2v) is 5.98. The minimum atomic E-state index is -4.77. The molecule has 1 aromatic heterocycles. The molecule has 0 fully saturated rings. The average Bonchev–Trinajstić information content (AvgIpc) is 2.63. The van der Waals surface area contributed by atoms with Crippen molar-refractivity contribution in [1.29, 1.82) is 0 Å². The number of halogens is 3. The Balaban J connectivity index is 1.66. The zero-order valence-electron chi connectivity index (χ0n) is 14.6. The van der Waals surface area contributed by atoms with Crippen molar-refractivity contribution in [3.05, 3.63) is 64.4 Å². The van der Waals surface area contributed by atoms with Crippen LogP contribution in [-0.2, 0) is 11.3 Å². The minimum Gasteiger partial charge on any atom is -0.406 e. The highest BCUT2D eigenvalue weighted by atomic mass is 19.4. The van der Waals surface area contributed by atoms with Gasteiger partial charge in [-0.05, 0) is 36.8 Å². The molecule has 0 aliphatic rings. The predicted octanol–water partition coefficient (Wildman–Crippen LogP) is 2.57. The van der Waals surface area contributed by atoms with Crippen LogP contribution in [0.15, 0.2) is 53.3 Å². The molecule has 7 nitrogen and oxygen atoms in total. The first-order valence-corrected chi connectivity index (χ1v) is 8.20. The van der Waals surface area contributed by atoms with Crippen molar-refractivity contribution >= 4 is 16.8 Å². The Morgan fingerprint density at radius 2 is 1.86 bits per heavy atom. The van der Waals surface area contributed by atoms with Gasteiger partial charge in [-0.15, -0.1) is 18.3 Å². The molecular weight excluding hydrogens is 377 g/mol. The Hall–Kier alpha value is -3.43. The Kier molecular flexibility index (Phi) is 5.30. The van der Waals surface area contributed by atoms with Crippen molar-refractivity contribution in [3.63, 3.8) is 0 Å². The number of ether oxygens (including phenoxy) is 1. The number of carbonyl (C=O) groups is 1. The maximum Gasteiger partial charge on any atom is 0.573 e. The quantitative estimate of drug-likeness (QED) is 0.721. The van der Waals surface area contributed by atoms with Crippen molar-refractivity contribution in [1.82, 2.24) is 20.3 Å². The zero-order valence-corrected chi connectivity index (χ0v) is 14.6. The van der Waals surface area contributed by atoms with Gasteiger partial charge in [0, 0.05) is 0 Å². The van der Waals surface area contributed by atoms with E-state index in [1.165, 1.54) is 12.1 Å². The van der Waals surface area contributed by atoms with Gasteiger partial charge in [0.15, 0.2) is 0 Å². The third kappa shape index (κ3) is 4.64. The van der Waals surface area contributed by atoms with Crippen LogP contribution in [0.4, 0.5) is 13.2 Å². The molecular formula is C18H15F3N4O3. The molecule has 0 bridgehead atoms. The summed E-state index contributed by atoms with van der Waals surface area (Å²) in [7, 11) is 0. The van der Waals surface area contributed by atoms with Gasteiger partial charge in [-0.25, -0.2) is 4.68 Å². The van der Waals surface area contributed by atoms with Crippen molar-refractivity contribution in [3.8, 4) is 5.75 Å². The maximum atomic E-state index is 12.3. The molecule has 1 N–H and O–H groups in total. The minimum absolute atomic E-state index is 0.337. The van der Waals surface area contributed by atoms with Crippen molar-refractivity contribution in [2.75, 3.05) is 0 Å². The highest BCUT2D eigenvalue weighted by Crippen LogP contribution is 2.24. The molecule has 3 rings (SSSR count). The van der Waals surface area contributed by atoms with E-state index in [4.69, 9.17) is 0 Å². The third-order valence-electron chi connectivity index (χ3n) is 3.91. The van der Waals surface area contributed by atoms with Crippen LogP contribution in [0.1, 0.15) is 18.5 Å². The van der Waals surface area contributed by atoms with Gasteiger partial charge < -0.3 is 10.1 Å². The number of rotatable bonds is 5. The summed E-state index contributed by atoms with van der Waals surface area (Å²) >= 11 is 0. The number of amides is 1. The smallest absolute Gasteiger partial charge is 0.406 e. The number of hydrogen-bond donors (Lipinski definition) is 1. The molecule has 0 radical (unpaired) electrons. The first-order chi connectivity index (χ1) is 13.2. The van der Waals surface area contributed by atoms with Crippen LogP contribution in [-0.4, -0.2) is 27.3 Å².